The number of hydrogen-bond donors (Lipinski definition) is 0. The summed E-state index contributed by atoms with van der Waals surface area (Å²) in [7, 11) is 0. The normalized spacial score (nSPS) is 11.8. The van der Waals surface area contributed by atoms with Crippen LogP contribution >= 0.6 is 11.3 Å². The fraction of sp³-hybridized carbons (Fsp3) is 0.0417. The first-order chi connectivity index (χ1) is 15.2. The van der Waals surface area contributed by atoms with Gasteiger partial charge in [0, 0.05) is 5.56 Å². The number of aromatic nitrogens is 3. The van der Waals surface area contributed by atoms with E-state index >= 15 is 0 Å². The zero-order valence-electron chi connectivity index (χ0n) is 16.2. The molecule has 0 fully saturated rings. The number of halogens is 1. The van der Waals surface area contributed by atoms with Crippen LogP contribution in [-0.2, 0) is 6.61 Å². The SMILES string of the molecule is O=c1/c(=C/c2ccc(OCc3ccccc3)cc2)sc2nc(-c3ccc(F)cc3)nn12. The van der Waals surface area contributed by atoms with Crippen molar-refractivity contribution in [1.29, 1.82) is 0 Å². The van der Waals surface area contributed by atoms with E-state index in [0.29, 0.717) is 27.5 Å². The van der Waals surface area contributed by atoms with Crippen molar-refractivity contribution in [2.75, 3.05) is 0 Å². The predicted molar refractivity (Wildman–Crippen MR) is 119 cm³/mol. The second-order valence-electron chi connectivity index (χ2n) is 6.90. The lowest BCUT2D eigenvalue weighted by atomic mass is 10.2. The van der Waals surface area contributed by atoms with Gasteiger partial charge in [0.25, 0.3) is 5.56 Å². The van der Waals surface area contributed by atoms with Crippen molar-refractivity contribution in [3.05, 3.63) is 111 Å². The van der Waals surface area contributed by atoms with Gasteiger partial charge in [0.2, 0.25) is 4.96 Å². The van der Waals surface area contributed by atoms with E-state index in [0.717, 1.165) is 16.9 Å². The Morgan fingerprint density at radius 1 is 0.968 bits per heavy atom. The Labute approximate surface area is 180 Å². The van der Waals surface area contributed by atoms with Crippen LogP contribution in [0.1, 0.15) is 11.1 Å². The van der Waals surface area contributed by atoms with Crippen molar-refractivity contribution in [2.24, 2.45) is 0 Å². The van der Waals surface area contributed by atoms with Crippen molar-refractivity contribution in [3.63, 3.8) is 0 Å². The number of ether oxygens (including phenoxy) is 1. The lowest BCUT2D eigenvalue weighted by molar-refractivity contribution is 0.306. The molecule has 5 aromatic rings. The van der Waals surface area contributed by atoms with E-state index in [1.165, 1.54) is 28.0 Å². The molecule has 0 N–H and O–H groups in total. The van der Waals surface area contributed by atoms with Crippen LogP contribution in [0.25, 0.3) is 22.4 Å². The highest BCUT2D eigenvalue weighted by Crippen LogP contribution is 2.17. The summed E-state index contributed by atoms with van der Waals surface area (Å²) in [5.41, 5.74) is 2.41. The van der Waals surface area contributed by atoms with E-state index in [9.17, 15) is 9.18 Å². The third-order valence-corrected chi connectivity index (χ3v) is 5.67. The van der Waals surface area contributed by atoms with E-state index in [-0.39, 0.29) is 11.4 Å². The molecule has 0 radical (unpaired) electrons. The summed E-state index contributed by atoms with van der Waals surface area (Å²) in [6.45, 7) is 0.499. The van der Waals surface area contributed by atoms with E-state index in [2.05, 4.69) is 10.1 Å². The number of benzene rings is 3. The zero-order valence-corrected chi connectivity index (χ0v) is 17.1. The number of rotatable bonds is 5. The Morgan fingerprint density at radius 3 is 2.42 bits per heavy atom. The fourth-order valence-electron chi connectivity index (χ4n) is 3.11. The number of fused-ring (bicyclic) bond motifs is 1. The van der Waals surface area contributed by atoms with Gasteiger partial charge in [-0.2, -0.15) is 9.50 Å². The summed E-state index contributed by atoms with van der Waals surface area (Å²) in [5.74, 6) is 0.826. The Bertz CT molecular complexity index is 1440. The van der Waals surface area contributed by atoms with Gasteiger partial charge in [0.05, 0.1) is 4.53 Å². The first-order valence-corrected chi connectivity index (χ1v) is 10.4. The molecule has 0 bridgehead atoms. The molecule has 5 rings (SSSR count). The summed E-state index contributed by atoms with van der Waals surface area (Å²) in [4.78, 5) is 17.6. The van der Waals surface area contributed by atoms with Gasteiger partial charge in [-0.25, -0.2) is 4.39 Å². The monoisotopic (exact) mass is 429 g/mol. The average Bonchev–Trinajstić information content (AvgIpc) is 3.34. The highest BCUT2D eigenvalue weighted by molar-refractivity contribution is 7.15. The number of nitrogens with zero attached hydrogens (tertiary/aromatic N) is 3. The lowest BCUT2D eigenvalue weighted by Gasteiger charge is -2.06. The molecule has 0 aliphatic rings. The number of hydrogen-bond acceptors (Lipinski definition) is 5. The molecule has 152 valence electrons. The van der Waals surface area contributed by atoms with Gasteiger partial charge < -0.3 is 4.74 Å². The molecule has 0 amide bonds. The molecule has 0 atom stereocenters. The molecule has 31 heavy (non-hydrogen) atoms. The summed E-state index contributed by atoms with van der Waals surface area (Å²) in [5, 5.41) is 4.28. The summed E-state index contributed by atoms with van der Waals surface area (Å²) < 4.78 is 20.7. The first-order valence-electron chi connectivity index (χ1n) is 9.60. The smallest absolute Gasteiger partial charge is 0.291 e. The van der Waals surface area contributed by atoms with Crippen LogP contribution in [0.15, 0.2) is 83.7 Å². The lowest BCUT2D eigenvalue weighted by Crippen LogP contribution is -2.23. The van der Waals surface area contributed by atoms with Gasteiger partial charge in [-0.15, -0.1) is 5.10 Å². The number of thiazole rings is 1. The summed E-state index contributed by atoms with van der Waals surface area (Å²) in [6, 6.07) is 23.4. The van der Waals surface area contributed by atoms with Crippen LogP contribution < -0.4 is 14.8 Å². The zero-order chi connectivity index (χ0) is 21.2. The maximum Gasteiger partial charge on any atom is 0.291 e. The Balaban J connectivity index is 1.37. The minimum Gasteiger partial charge on any atom is -0.489 e. The molecule has 5 nitrogen and oxygen atoms in total. The third kappa shape index (κ3) is 4.08. The van der Waals surface area contributed by atoms with Crippen molar-refractivity contribution in [2.45, 2.75) is 6.61 Å². The largest absolute Gasteiger partial charge is 0.489 e. The van der Waals surface area contributed by atoms with Crippen LogP contribution in [0, 0.1) is 5.82 Å². The molecule has 0 saturated heterocycles. The van der Waals surface area contributed by atoms with Gasteiger partial charge in [-0.05, 0) is 53.6 Å². The molecule has 2 aromatic heterocycles. The maximum absolute atomic E-state index is 13.1. The second kappa shape index (κ2) is 8.12. The topological polar surface area (TPSA) is 56.5 Å². The van der Waals surface area contributed by atoms with Crippen molar-refractivity contribution in [3.8, 4) is 17.1 Å². The Hall–Kier alpha value is -3.84. The molecule has 3 aromatic carbocycles. The van der Waals surface area contributed by atoms with Crippen LogP contribution in [0.4, 0.5) is 4.39 Å². The van der Waals surface area contributed by atoms with Gasteiger partial charge >= 0.3 is 0 Å². The fourth-order valence-corrected chi connectivity index (χ4v) is 4.02. The highest BCUT2D eigenvalue weighted by Gasteiger charge is 2.12. The van der Waals surface area contributed by atoms with E-state index in [1.807, 2.05) is 60.7 Å². The Morgan fingerprint density at radius 2 is 1.71 bits per heavy atom. The summed E-state index contributed by atoms with van der Waals surface area (Å²) in [6.07, 6.45) is 1.81. The van der Waals surface area contributed by atoms with Crippen LogP contribution in [0.2, 0.25) is 0 Å². The predicted octanol–water partition coefficient (Wildman–Crippen LogP) is 4.08. The first kappa shape index (κ1) is 19.1. The minimum atomic E-state index is -0.331. The standard InChI is InChI=1S/C24H16FN3O2S/c25-19-10-8-18(9-11-19)22-26-24-28(27-22)23(29)21(31-24)14-16-6-12-20(13-7-16)30-15-17-4-2-1-3-5-17/h1-14H,15H2/b21-14-. The molecule has 0 saturated carbocycles. The third-order valence-electron chi connectivity index (χ3n) is 4.71. The van der Waals surface area contributed by atoms with Crippen molar-refractivity contribution >= 4 is 22.4 Å². The van der Waals surface area contributed by atoms with Gasteiger partial charge in [0.15, 0.2) is 5.82 Å². The van der Waals surface area contributed by atoms with Crippen LogP contribution in [0.5, 0.6) is 5.75 Å². The molecule has 0 aliphatic carbocycles. The quantitative estimate of drug-likeness (QED) is 0.422. The van der Waals surface area contributed by atoms with Crippen molar-refractivity contribution in [1.82, 2.24) is 14.6 Å². The highest BCUT2D eigenvalue weighted by atomic mass is 32.1. The van der Waals surface area contributed by atoms with E-state index in [1.54, 1.807) is 12.1 Å². The van der Waals surface area contributed by atoms with E-state index < -0.39 is 0 Å². The molecule has 7 heteroatoms. The van der Waals surface area contributed by atoms with Crippen LogP contribution in [-0.4, -0.2) is 14.6 Å². The average molecular weight is 429 g/mol. The minimum absolute atomic E-state index is 0.231. The molecule has 0 unspecified atom stereocenters. The van der Waals surface area contributed by atoms with Crippen molar-refractivity contribution < 1.29 is 9.13 Å². The molecular weight excluding hydrogens is 413 g/mol. The van der Waals surface area contributed by atoms with Gasteiger partial charge in [0.1, 0.15) is 18.2 Å². The van der Waals surface area contributed by atoms with Gasteiger partial charge in [-0.1, -0.05) is 53.8 Å². The maximum atomic E-state index is 13.1. The Kier molecular flexibility index (Phi) is 5.01. The van der Waals surface area contributed by atoms with Crippen LogP contribution in [0.3, 0.4) is 0 Å². The molecular formula is C24H16FN3O2S. The van der Waals surface area contributed by atoms with Gasteiger partial charge in [-0.3, -0.25) is 4.79 Å². The molecule has 0 spiro atoms. The second-order valence-corrected chi connectivity index (χ2v) is 7.90. The molecule has 0 aliphatic heterocycles. The molecule has 2 heterocycles. The van der Waals surface area contributed by atoms with E-state index in [4.69, 9.17) is 4.74 Å². The summed E-state index contributed by atoms with van der Waals surface area (Å²) >= 11 is 1.27.